The number of methoxy groups -OCH3 is 2. The molecule has 3 heterocycles. The lowest BCUT2D eigenvalue weighted by Gasteiger charge is -2.31. The Bertz CT molecular complexity index is 2950. The number of amides is 1. The number of non-ortho nitro benzene ring substituents is 1. The number of ketones is 1. The first-order chi connectivity index (χ1) is 33.9. The molecule has 21 nitrogen and oxygen atoms in total. The van der Waals surface area contributed by atoms with E-state index in [0.29, 0.717) is 33.6 Å². The Morgan fingerprint density at radius 1 is 0.875 bits per heavy atom. The maximum Gasteiger partial charge on any atom is 0.737 e. The van der Waals surface area contributed by atoms with Crippen molar-refractivity contribution >= 4 is 58.1 Å². The second-order valence-electron chi connectivity index (χ2n) is 18.0. The fraction of sp³-hybridized carbons (Fsp3) is 0.362. The third-order valence-electron chi connectivity index (χ3n) is 11.8. The van der Waals surface area contributed by atoms with Crippen LogP contribution < -0.4 is 24.3 Å². The molecule has 6 rings (SSSR count). The molecule has 2 unspecified atom stereocenters. The highest BCUT2D eigenvalue weighted by molar-refractivity contribution is 7.85. The molecule has 72 heavy (non-hydrogen) atoms. The Balaban J connectivity index is 1.10. The van der Waals surface area contributed by atoms with Crippen LogP contribution in [0.1, 0.15) is 67.6 Å². The monoisotopic (exact) mass is 1020 g/mol. The zero-order chi connectivity index (χ0) is 52.7. The number of aromatic nitrogens is 1. The Morgan fingerprint density at radius 2 is 1.56 bits per heavy atom. The molecule has 25 heteroatoms. The van der Waals surface area contributed by atoms with Gasteiger partial charge in [-0.15, -0.1) is 0 Å². The molecule has 2 aliphatic rings. The summed E-state index contributed by atoms with van der Waals surface area (Å²) >= 11 is 0. The summed E-state index contributed by atoms with van der Waals surface area (Å²) in [5, 5.41) is 25.3. The highest BCUT2D eigenvalue weighted by atomic mass is 32.2. The number of carbonyl (C=O) groups excluding carboxylic acids is 3. The average molecular weight is 1020 g/mol. The third kappa shape index (κ3) is 13.3. The summed E-state index contributed by atoms with van der Waals surface area (Å²) < 4.78 is 97.1. The van der Waals surface area contributed by atoms with Crippen molar-refractivity contribution in [3.63, 3.8) is 0 Å². The minimum Gasteiger partial charge on any atom is -0.497 e. The molecule has 0 saturated heterocycles. The number of fused-ring (bicyclic) bond motifs is 2. The number of nitrogens with zero attached hydrogens (tertiary/aromatic N) is 5. The van der Waals surface area contributed by atoms with Gasteiger partial charge < -0.3 is 51.1 Å². The van der Waals surface area contributed by atoms with Crippen LogP contribution in [-0.2, 0) is 30.9 Å². The van der Waals surface area contributed by atoms with Gasteiger partial charge in [-0.1, -0.05) is 0 Å². The summed E-state index contributed by atoms with van der Waals surface area (Å²) in [5.41, 5.74) is 1.37. The lowest BCUT2D eigenvalue weighted by Crippen LogP contribution is -2.51. The number of aryl methyl sites for hydroxylation is 1. The maximum atomic E-state index is 17.1. The van der Waals surface area contributed by atoms with E-state index in [2.05, 4.69) is 26.5 Å². The minimum absolute atomic E-state index is 0.0407. The van der Waals surface area contributed by atoms with Gasteiger partial charge >= 0.3 is 13.1 Å². The quantitative estimate of drug-likeness (QED) is 0.0106. The summed E-state index contributed by atoms with van der Waals surface area (Å²) in [6.45, 7) is -2.67. The summed E-state index contributed by atoms with van der Waals surface area (Å²) in [6, 6.07) is 14.8. The zero-order valence-electron chi connectivity index (χ0n) is 40.2. The molecule has 1 amide bonds. The lowest BCUT2D eigenvalue weighted by molar-refractivity contribution is -0.870. The molecule has 2 atom stereocenters. The van der Waals surface area contributed by atoms with Crippen molar-refractivity contribution in [2.24, 2.45) is 0 Å². The molecule has 0 radical (unpaired) electrons. The normalized spacial score (nSPS) is 14.7. The first-order valence-electron chi connectivity index (χ1n) is 22.5. The second kappa shape index (κ2) is 22.3. The third-order valence-corrected chi connectivity index (χ3v) is 12.5. The van der Waals surface area contributed by atoms with Crippen molar-refractivity contribution in [1.29, 1.82) is 0 Å². The number of carbonyl (C=O) groups is 3. The molecule has 0 fully saturated rings. The summed E-state index contributed by atoms with van der Waals surface area (Å²) in [6.07, 6.45) is 1.03. The number of quaternary nitrogens is 1. The second-order valence-corrected chi connectivity index (χ2v) is 19.5. The number of Topliss-reactive ketones (excluding diaryl/α,β-unsaturated/α-hetero) is 1. The van der Waals surface area contributed by atoms with Crippen molar-refractivity contribution in [2.75, 3.05) is 54.3 Å². The standard InChI is InChI=1S/C47H53BF2N6O15S/c1-30(70-47(59)71-37-20-15-34(16-21-37)54(60)61)38-27-44(68-6)45(28-42(38)55(62)63)69-24-8-10-43(57)39(29-72(64,65)66)51-46(58)22-17-33-13-14-35-26-41-32(9-7-23-56(2,3)4)25-40(53(41)48(49,50)52(33)35)31-11-18-36(67-5)19-12-31/h11-16,18-21,25-28,30,39H,7-10,17,22-24,29H2,1-6H3,(H-,51,58,64,65,66)/p+1. The van der Waals surface area contributed by atoms with E-state index in [1.807, 2.05) is 0 Å². The summed E-state index contributed by atoms with van der Waals surface area (Å²) in [4.78, 5) is 60.8. The van der Waals surface area contributed by atoms with Crippen LogP contribution in [-0.4, -0.2) is 127 Å². The van der Waals surface area contributed by atoms with Gasteiger partial charge in [0.2, 0.25) is 5.91 Å². The van der Waals surface area contributed by atoms with E-state index in [1.54, 1.807) is 42.5 Å². The number of allylic oxidation sites excluding steroid dienone is 2. The molecular weight excluding hydrogens is 969 g/mol. The van der Waals surface area contributed by atoms with Gasteiger partial charge in [-0.3, -0.25) is 34.4 Å². The van der Waals surface area contributed by atoms with Crippen LogP contribution in [0.2, 0.25) is 0 Å². The van der Waals surface area contributed by atoms with E-state index in [9.17, 15) is 47.6 Å². The van der Waals surface area contributed by atoms with Gasteiger partial charge in [0.05, 0.1) is 70.0 Å². The molecule has 3 aromatic carbocycles. The van der Waals surface area contributed by atoms with Gasteiger partial charge in [0.1, 0.15) is 29.4 Å². The van der Waals surface area contributed by atoms with E-state index in [-0.39, 0.29) is 59.3 Å². The van der Waals surface area contributed by atoms with Crippen LogP contribution in [0.15, 0.2) is 90.1 Å². The number of hydrogen-bond donors (Lipinski definition) is 2. The van der Waals surface area contributed by atoms with E-state index < -0.39 is 81.2 Å². The molecule has 4 aromatic rings. The Kier molecular flexibility index (Phi) is 16.7. The zero-order valence-corrected chi connectivity index (χ0v) is 41.1. The van der Waals surface area contributed by atoms with Crippen LogP contribution in [0.4, 0.5) is 24.8 Å². The van der Waals surface area contributed by atoms with Crippen LogP contribution in [0.3, 0.4) is 0 Å². The van der Waals surface area contributed by atoms with Crippen molar-refractivity contribution in [3.05, 3.63) is 133 Å². The molecule has 384 valence electrons. The first kappa shape index (κ1) is 53.8. The number of nitrogens with one attached hydrogen (secondary N) is 1. The molecule has 2 N–H and O–H groups in total. The van der Waals surface area contributed by atoms with Gasteiger partial charge in [-0.2, -0.15) is 8.42 Å². The SMILES string of the molecule is COc1ccc(C2=[N+]3C(=Cc4ccc(CCC(=O)NC(CS(=O)(=O)O)C(=O)CCCOc5cc([N+](=O)[O-])c(C(C)OC(=O)Oc6ccc([N+](=O)[O-])cc6)cc5OC)n4[B-]3(F)F)C(CCC[N+](C)(C)C)=C2)cc1. The maximum absolute atomic E-state index is 17.1. The Morgan fingerprint density at radius 3 is 2.17 bits per heavy atom. The fourth-order valence-electron chi connectivity index (χ4n) is 8.30. The topological polar surface area (TPSA) is 258 Å². The number of nitro groups is 2. The van der Waals surface area contributed by atoms with E-state index in [4.69, 9.17) is 23.7 Å². The molecular formula is C47H54BF2N6O15S+. The van der Waals surface area contributed by atoms with Gasteiger partial charge in [-0.25, -0.2) is 4.79 Å². The van der Waals surface area contributed by atoms with Crippen LogP contribution in [0.5, 0.6) is 23.0 Å². The van der Waals surface area contributed by atoms with E-state index in [1.165, 1.54) is 33.3 Å². The van der Waals surface area contributed by atoms with Crippen molar-refractivity contribution in [1.82, 2.24) is 9.79 Å². The summed E-state index contributed by atoms with van der Waals surface area (Å²) in [5.74, 6) is -2.58. The summed E-state index contributed by atoms with van der Waals surface area (Å²) in [7, 11) is 4.09. The molecule has 0 spiro atoms. The molecule has 0 aliphatic carbocycles. The van der Waals surface area contributed by atoms with Gasteiger partial charge in [0.25, 0.3) is 21.5 Å². The van der Waals surface area contributed by atoms with Crippen molar-refractivity contribution in [3.8, 4) is 23.0 Å². The molecule has 2 aliphatic heterocycles. The lowest BCUT2D eigenvalue weighted by atomic mass is 9.88. The van der Waals surface area contributed by atoms with E-state index >= 15 is 8.63 Å². The van der Waals surface area contributed by atoms with E-state index in [0.717, 1.165) is 57.8 Å². The highest BCUT2D eigenvalue weighted by Crippen LogP contribution is 2.40. The Hall–Kier alpha value is -7.51. The van der Waals surface area contributed by atoms with Crippen LogP contribution >= 0.6 is 0 Å². The van der Waals surface area contributed by atoms with Gasteiger partial charge in [-0.05, 0) is 86.5 Å². The number of benzene rings is 3. The van der Waals surface area contributed by atoms with Crippen molar-refractivity contribution in [2.45, 2.75) is 57.6 Å². The fourth-order valence-corrected chi connectivity index (χ4v) is 8.99. The van der Waals surface area contributed by atoms with Crippen LogP contribution in [0.25, 0.3) is 6.08 Å². The number of halogens is 2. The molecule has 0 saturated carbocycles. The van der Waals surface area contributed by atoms with Crippen molar-refractivity contribution < 1.29 is 78.5 Å². The largest absolute Gasteiger partial charge is 0.737 e. The highest BCUT2D eigenvalue weighted by Gasteiger charge is 2.54. The predicted octanol–water partition coefficient (Wildman–Crippen LogP) is 6.84. The van der Waals surface area contributed by atoms with Gasteiger partial charge in [0, 0.05) is 60.4 Å². The number of nitro benzene ring substituents is 2. The number of rotatable bonds is 24. The smallest absolute Gasteiger partial charge is 0.497 e. The van der Waals surface area contributed by atoms with Gasteiger partial charge in [0.15, 0.2) is 28.7 Å². The predicted molar refractivity (Wildman–Crippen MR) is 258 cm³/mol. The Labute approximate surface area is 412 Å². The minimum atomic E-state index is -4.83. The number of ether oxygens (including phenoxy) is 5. The molecule has 0 bridgehead atoms. The van der Waals surface area contributed by atoms with Crippen LogP contribution in [0, 0.1) is 20.2 Å². The molecule has 1 aromatic heterocycles. The number of hydrogen-bond acceptors (Lipinski definition) is 14. The average Bonchev–Trinajstić information content (AvgIpc) is 3.91. The first-order valence-corrected chi connectivity index (χ1v) is 24.2.